The number of aliphatic carboxylic acids is 1. The first-order valence-electron chi connectivity index (χ1n) is 6.30. The molecule has 0 spiro atoms. The van der Waals surface area contributed by atoms with Gasteiger partial charge in [0.05, 0.1) is 5.25 Å². The van der Waals surface area contributed by atoms with Crippen molar-refractivity contribution in [3.05, 3.63) is 0 Å². The van der Waals surface area contributed by atoms with Gasteiger partial charge >= 0.3 is 5.97 Å². The Morgan fingerprint density at radius 1 is 1.22 bits per heavy atom. The van der Waals surface area contributed by atoms with E-state index in [1.807, 2.05) is 0 Å². The Bertz CT molecular complexity index is 348. The molecule has 6 nitrogen and oxygen atoms in total. The van der Waals surface area contributed by atoms with Crippen molar-refractivity contribution >= 4 is 16.0 Å². The standard InChI is InChI=1S/C11H21NO5S/c13-11(14)4-2-1-3-7-12-18(15,16)10-5-8-17-9-6-10/h10,12H,1-9H2,(H,13,14). The molecular weight excluding hydrogens is 258 g/mol. The predicted molar refractivity (Wildman–Crippen MR) is 66.9 cm³/mol. The van der Waals surface area contributed by atoms with Crippen LogP contribution in [0.5, 0.6) is 0 Å². The summed E-state index contributed by atoms with van der Waals surface area (Å²) in [6.45, 7) is 1.40. The third-order valence-corrected chi connectivity index (χ3v) is 4.93. The lowest BCUT2D eigenvalue weighted by Gasteiger charge is -2.22. The minimum atomic E-state index is -3.23. The van der Waals surface area contributed by atoms with Gasteiger partial charge in [0.1, 0.15) is 0 Å². The first-order chi connectivity index (χ1) is 8.52. The zero-order chi connectivity index (χ0) is 13.4. The summed E-state index contributed by atoms with van der Waals surface area (Å²) in [5.74, 6) is -0.808. The highest BCUT2D eigenvalue weighted by atomic mass is 32.2. The van der Waals surface area contributed by atoms with Crippen LogP contribution in [0.2, 0.25) is 0 Å². The third-order valence-electron chi connectivity index (χ3n) is 2.98. The van der Waals surface area contributed by atoms with Gasteiger partial charge in [-0.25, -0.2) is 13.1 Å². The Hall–Kier alpha value is -0.660. The summed E-state index contributed by atoms with van der Waals surface area (Å²) in [4.78, 5) is 10.3. The van der Waals surface area contributed by atoms with Gasteiger partial charge < -0.3 is 9.84 Å². The lowest BCUT2D eigenvalue weighted by molar-refractivity contribution is -0.137. The summed E-state index contributed by atoms with van der Waals surface area (Å²) >= 11 is 0. The summed E-state index contributed by atoms with van der Waals surface area (Å²) in [6.07, 6.45) is 3.24. The normalized spacial score (nSPS) is 17.8. The highest BCUT2D eigenvalue weighted by molar-refractivity contribution is 7.90. The van der Waals surface area contributed by atoms with Gasteiger partial charge in [-0.05, 0) is 25.7 Å². The van der Waals surface area contributed by atoms with Crippen LogP contribution in [0.25, 0.3) is 0 Å². The van der Waals surface area contributed by atoms with Crippen molar-refractivity contribution in [3.8, 4) is 0 Å². The minimum absolute atomic E-state index is 0.146. The van der Waals surface area contributed by atoms with E-state index in [4.69, 9.17) is 9.84 Å². The van der Waals surface area contributed by atoms with Crippen LogP contribution in [0, 0.1) is 0 Å². The molecule has 1 heterocycles. The van der Waals surface area contributed by atoms with E-state index in [2.05, 4.69) is 4.72 Å². The Labute approximate surface area is 108 Å². The number of nitrogens with one attached hydrogen (secondary N) is 1. The second-order valence-corrected chi connectivity index (χ2v) is 6.50. The summed E-state index contributed by atoms with van der Waals surface area (Å²) in [5, 5.41) is 8.10. The number of hydrogen-bond donors (Lipinski definition) is 2. The maximum Gasteiger partial charge on any atom is 0.303 e. The second-order valence-electron chi connectivity index (χ2n) is 4.46. The van der Waals surface area contributed by atoms with Gasteiger partial charge in [-0.1, -0.05) is 6.42 Å². The van der Waals surface area contributed by atoms with Gasteiger partial charge in [0.25, 0.3) is 0 Å². The van der Waals surface area contributed by atoms with Gasteiger partial charge in [-0.2, -0.15) is 0 Å². The van der Waals surface area contributed by atoms with Crippen LogP contribution in [0.4, 0.5) is 0 Å². The van der Waals surface area contributed by atoms with E-state index in [9.17, 15) is 13.2 Å². The maximum atomic E-state index is 11.9. The van der Waals surface area contributed by atoms with Gasteiger partial charge in [-0.15, -0.1) is 0 Å². The number of carboxylic acids is 1. The van der Waals surface area contributed by atoms with Crippen LogP contribution in [0.3, 0.4) is 0 Å². The van der Waals surface area contributed by atoms with E-state index in [0.717, 1.165) is 6.42 Å². The Morgan fingerprint density at radius 2 is 1.89 bits per heavy atom. The Balaban J connectivity index is 2.15. The summed E-state index contributed by atoms with van der Waals surface area (Å²) < 4.78 is 31.4. The van der Waals surface area contributed by atoms with Crippen LogP contribution >= 0.6 is 0 Å². The van der Waals surface area contributed by atoms with Crippen molar-refractivity contribution in [2.24, 2.45) is 0 Å². The lowest BCUT2D eigenvalue weighted by Crippen LogP contribution is -2.38. The summed E-state index contributed by atoms with van der Waals surface area (Å²) in [7, 11) is -3.23. The number of hydrogen-bond acceptors (Lipinski definition) is 4. The molecule has 0 bridgehead atoms. The molecule has 0 amide bonds. The molecule has 0 radical (unpaired) electrons. The van der Waals surface area contributed by atoms with Crippen molar-refractivity contribution in [3.63, 3.8) is 0 Å². The highest BCUT2D eigenvalue weighted by Gasteiger charge is 2.26. The molecule has 0 aromatic carbocycles. The second kappa shape index (κ2) is 7.70. The van der Waals surface area contributed by atoms with Crippen molar-refractivity contribution in [1.29, 1.82) is 0 Å². The van der Waals surface area contributed by atoms with E-state index in [1.54, 1.807) is 0 Å². The maximum absolute atomic E-state index is 11.9. The zero-order valence-electron chi connectivity index (χ0n) is 10.4. The molecule has 0 aliphatic carbocycles. The van der Waals surface area contributed by atoms with Gasteiger partial charge in [0.15, 0.2) is 0 Å². The monoisotopic (exact) mass is 279 g/mol. The molecule has 1 fully saturated rings. The molecule has 7 heteroatoms. The SMILES string of the molecule is O=C(O)CCCCCNS(=O)(=O)C1CCOCC1. The summed E-state index contributed by atoms with van der Waals surface area (Å²) in [5.41, 5.74) is 0. The number of carboxylic acid groups (broad SMARTS) is 1. The predicted octanol–water partition coefficient (Wildman–Crippen LogP) is 0.730. The van der Waals surface area contributed by atoms with Crippen LogP contribution in [-0.2, 0) is 19.6 Å². The fraction of sp³-hybridized carbons (Fsp3) is 0.909. The smallest absolute Gasteiger partial charge is 0.303 e. The lowest BCUT2D eigenvalue weighted by atomic mass is 10.2. The van der Waals surface area contributed by atoms with Gasteiger partial charge in [0.2, 0.25) is 10.0 Å². The molecule has 0 aromatic heterocycles. The number of carbonyl (C=O) groups is 1. The zero-order valence-corrected chi connectivity index (χ0v) is 11.2. The van der Waals surface area contributed by atoms with Gasteiger partial charge in [-0.3, -0.25) is 4.79 Å². The van der Waals surface area contributed by atoms with E-state index in [1.165, 1.54) is 0 Å². The first kappa shape index (κ1) is 15.4. The molecule has 0 atom stereocenters. The largest absolute Gasteiger partial charge is 0.481 e. The van der Waals surface area contributed by atoms with Crippen molar-refractivity contribution in [1.82, 2.24) is 4.72 Å². The average Bonchev–Trinajstić information content (AvgIpc) is 2.34. The molecule has 0 unspecified atom stereocenters. The minimum Gasteiger partial charge on any atom is -0.481 e. The highest BCUT2D eigenvalue weighted by Crippen LogP contribution is 2.14. The van der Waals surface area contributed by atoms with Crippen molar-refractivity contribution in [2.75, 3.05) is 19.8 Å². The quantitative estimate of drug-likeness (QED) is 0.639. The molecule has 0 aromatic rings. The van der Waals surface area contributed by atoms with Crippen LogP contribution in [0.15, 0.2) is 0 Å². The number of sulfonamides is 1. The van der Waals surface area contributed by atoms with Crippen LogP contribution in [-0.4, -0.2) is 44.5 Å². The molecule has 1 aliphatic heterocycles. The molecule has 1 saturated heterocycles. The Kier molecular flexibility index (Phi) is 6.59. The summed E-state index contributed by atoms with van der Waals surface area (Å²) in [6, 6.07) is 0. The molecule has 18 heavy (non-hydrogen) atoms. The first-order valence-corrected chi connectivity index (χ1v) is 7.85. The number of unbranched alkanes of at least 4 members (excludes halogenated alkanes) is 2. The Morgan fingerprint density at radius 3 is 2.50 bits per heavy atom. The molecular formula is C11H21NO5S. The molecule has 2 N–H and O–H groups in total. The van der Waals surface area contributed by atoms with E-state index in [0.29, 0.717) is 45.4 Å². The van der Waals surface area contributed by atoms with E-state index in [-0.39, 0.29) is 11.7 Å². The molecule has 1 rings (SSSR count). The van der Waals surface area contributed by atoms with Crippen LogP contribution < -0.4 is 4.72 Å². The third kappa shape index (κ3) is 5.79. The number of rotatable bonds is 8. The van der Waals surface area contributed by atoms with E-state index < -0.39 is 16.0 Å². The number of ether oxygens (including phenoxy) is 1. The van der Waals surface area contributed by atoms with Crippen molar-refractivity contribution < 1.29 is 23.1 Å². The van der Waals surface area contributed by atoms with E-state index >= 15 is 0 Å². The van der Waals surface area contributed by atoms with Crippen LogP contribution in [0.1, 0.15) is 38.5 Å². The molecule has 0 saturated carbocycles. The van der Waals surface area contributed by atoms with Crippen molar-refractivity contribution in [2.45, 2.75) is 43.8 Å². The molecule has 106 valence electrons. The topological polar surface area (TPSA) is 92.7 Å². The average molecular weight is 279 g/mol. The van der Waals surface area contributed by atoms with Gasteiger partial charge in [0, 0.05) is 26.2 Å². The molecule has 1 aliphatic rings. The fourth-order valence-electron chi connectivity index (χ4n) is 1.90. The fourth-order valence-corrected chi connectivity index (χ4v) is 3.37.